The molecule has 0 spiro atoms. The van der Waals surface area contributed by atoms with Crippen LogP contribution in [0.2, 0.25) is 0 Å². The van der Waals surface area contributed by atoms with E-state index in [2.05, 4.69) is 9.95 Å². The standard InChI is InChI=1S/C8H6N4O3/c1-9-3-2-6(13)4-10-12-5-7(14)11-8(12)15/h2-4H,5H2,(H,11,14,15)/b3-2?,10-4+. The molecule has 1 aliphatic heterocycles. The molecule has 0 bridgehead atoms. The second-order valence-electron chi connectivity index (χ2n) is 2.50. The van der Waals surface area contributed by atoms with Gasteiger partial charge in [0.25, 0.3) is 0 Å². The van der Waals surface area contributed by atoms with E-state index in [9.17, 15) is 14.4 Å². The summed E-state index contributed by atoms with van der Waals surface area (Å²) in [5, 5.41) is 6.29. The van der Waals surface area contributed by atoms with Gasteiger partial charge in [0, 0.05) is 0 Å². The van der Waals surface area contributed by atoms with Gasteiger partial charge in [0.2, 0.25) is 5.91 Å². The smallest absolute Gasteiger partial charge is 0.290 e. The SMILES string of the molecule is [C-]#[N+]C=CC(=O)/C=N/N1CC(=O)NC1=O. The Bertz CT molecular complexity index is 405. The molecule has 3 amide bonds. The van der Waals surface area contributed by atoms with Crippen molar-refractivity contribution >= 4 is 23.9 Å². The van der Waals surface area contributed by atoms with Gasteiger partial charge >= 0.3 is 6.03 Å². The minimum atomic E-state index is -0.668. The summed E-state index contributed by atoms with van der Waals surface area (Å²) < 4.78 is 0. The van der Waals surface area contributed by atoms with E-state index in [0.717, 1.165) is 23.5 Å². The van der Waals surface area contributed by atoms with E-state index in [-0.39, 0.29) is 6.54 Å². The molecule has 15 heavy (non-hydrogen) atoms. The van der Waals surface area contributed by atoms with E-state index in [1.807, 2.05) is 5.32 Å². The number of ketones is 1. The molecule has 1 heterocycles. The van der Waals surface area contributed by atoms with E-state index in [0.29, 0.717) is 0 Å². The van der Waals surface area contributed by atoms with Gasteiger partial charge in [-0.3, -0.25) is 14.9 Å². The fraction of sp³-hybridized carbons (Fsp3) is 0.125. The topological polar surface area (TPSA) is 83.2 Å². The van der Waals surface area contributed by atoms with Gasteiger partial charge in [-0.1, -0.05) is 0 Å². The Morgan fingerprint density at radius 1 is 1.60 bits per heavy atom. The monoisotopic (exact) mass is 206 g/mol. The predicted octanol–water partition coefficient (Wildman–Crippen LogP) is -0.474. The van der Waals surface area contributed by atoms with Crippen molar-refractivity contribution in [3.63, 3.8) is 0 Å². The molecule has 0 saturated carbocycles. The Kier molecular flexibility index (Phi) is 3.29. The average molecular weight is 206 g/mol. The number of hydrogen-bond acceptors (Lipinski definition) is 4. The van der Waals surface area contributed by atoms with Crippen LogP contribution in [0.3, 0.4) is 0 Å². The molecular weight excluding hydrogens is 200 g/mol. The summed E-state index contributed by atoms with van der Waals surface area (Å²) in [5.41, 5.74) is 0. The van der Waals surface area contributed by atoms with Crippen molar-refractivity contribution in [3.8, 4) is 0 Å². The highest BCUT2D eigenvalue weighted by Gasteiger charge is 2.25. The number of rotatable bonds is 3. The molecule has 0 aromatic heterocycles. The summed E-state index contributed by atoms with van der Waals surface area (Å²) >= 11 is 0. The van der Waals surface area contributed by atoms with E-state index in [1.165, 1.54) is 0 Å². The lowest BCUT2D eigenvalue weighted by Gasteiger charge is -2.02. The summed E-state index contributed by atoms with van der Waals surface area (Å²) in [6, 6.07) is -0.668. The Labute approximate surface area is 84.9 Å². The van der Waals surface area contributed by atoms with Crippen molar-refractivity contribution in [1.82, 2.24) is 10.3 Å². The highest BCUT2D eigenvalue weighted by Crippen LogP contribution is 1.97. The third kappa shape index (κ3) is 3.04. The number of imide groups is 1. The van der Waals surface area contributed by atoms with Gasteiger partial charge in [-0.15, -0.1) is 0 Å². The number of allylic oxidation sites excluding steroid dienone is 1. The van der Waals surface area contributed by atoms with Crippen LogP contribution in [0.15, 0.2) is 17.4 Å². The number of amides is 3. The second-order valence-corrected chi connectivity index (χ2v) is 2.50. The van der Waals surface area contributed by atoms with E-state index >= 15 is 0 Å². The van der Waals surface area contributed by atoms with Crippen LogP contribution in [-0.4, -0.2) is 35.5 Å². The highest BCUT2D eigenvalue weighted by atomic mass is 16.2. The number of urea groups is 1. The zero-order valence-corrected chi connectivity index (χ0v) is 7.51. The van der Waals surface area contributed by atoms with Gasteiger partial charge in [0.1, 0.15) is 6.54 Å². The Morgan fingerprint density at radius 2 is 2.33 bits per heavy atom. The van der Waals surface area contributed by atoms with Crippen LogP contribution < -0.4 is 5.32 Å². The van der Waals surface area contributed by atoms with Gasteiger partial charge in [-0.25, -0.2) is 14.6 Å². The molecule has 0 atom stereocenters. The van der Waals surface area contributed by atoms with Crippen molar-refractivity contribution in [2.75, 3.05) is 6.54 Å². The first-order valence-electron chi connectivity index (χ1n) is 3.86. The molecule has 1 N–H and O–H groups in total. The number of nitrogens with zero attached hydrogens (tertiary/aromatic N) is 3. The molecule has 0 aromatic carbocycles. The first-order chi connectivity index (χ1) is 7.13. The minimum Gasteiger partial charge on any atom is -0.290 e. The van der Waals surface area contributed by atoms with Gasteiger partial charge in [0.15, 0.2) is 12.0 Å². The van der Waals surface area contributed by atoms with Crippen LogP contribution in [0, 0.1) is 6.57 Å². The largest absolute Gasteiger partial charge is 0.344 e. The van der Waals surface area contributed by atoms with Crippen LogP contribution >= 0.6 is 0 Å². The van der Waals surface area contributed by atoms with Gasteiger partial charge in [-0.05, 0) is 6.08 Å². The third-order valence-corrected chi connectivity index (χ3v) is 1.41. The first-order valence-corrected chi connectivity index (χ1v) is 3.86. The first kappa shape index (κ1) is 10.6. The predicted molar refractivity (Wildman–Crippen MR) is 49.5 cm³/mol. The van der Waals surface area contributed by atoms with Crippen molar-refractivity contribution in [2.24, 2.45) is 5.10 Å². The van der Waals surface area contributed by atoms with Crippen molar-refractivity contribution in [2.45, 2.75) is 0 Å². The number of nitrogens with one attached hydrogen (secondary N) is 1. The zero-order chi connectivity index (χ0) is 11.3. The molecule has 7 nitrogen and oxygen atoms in total. The van der Waals surface area contributed by atoms with E-state index < -0.39 is 17.7 Å². The summed E-state index contributed by atoms with van der Waals surface area (Å²) in [4.78, 5) is 35.4. The molecule has 1 fully saturated rings. The lowest BCUT2D eigenvalue weighted by molar-refractivity contribution is -0.118. The molecule has 0 radical (unpaired) electrons. The molecule has 0 aromatic rings. The van der Waals surface area contributed by atoms with Gasteiger partial charge in [-0.2, -0.15) is 5.10 Å². The Morgan fingerprint density at radius 3 is 2.87 bits per heavy atom. The average Bonchev–Trinajstić information content (AvgIpc) is 2.51. The molecule has 0 aliphatic carbocycles. The minimum absolute atomic E-state index is 0.199. The molecule has 1 aliphatic rings. The maximum Gasteiger partial charge on any atom is 0.344 e. The summed E-state index contributed by atoms with van der Waals surface area (Å²) in [6.45, 7) is 6.18. The number of hydrazone groups is 1. The van der Waals surface area contributed by atoms with Crippen LogP contribution in [0.4, 0.5) is 4.79 Å². The lowest BCUT2D eigenvalue weighted by atomic mass is 10.4. The van der Waals surface area contributed by atoms with Crippen LogP contribution in [0.5, 0.6) is 0 Å². The molecule has 0 unspecified atom stereocenters. The van der Waals surface area contributed by atoms with E-state index in [4.69, 9.17) is 6.57 Å². The van der Waals surface area contributed by atoms with Gasteiger partial charge in [0.05, 0.1) is 12.8 Å². The lowest BCUT2D eigenvalue weighted by Crippen LogP contribution is -2.24. The fourth-order valence-electron chi connectivity index (χ4n) is 0.805. The van der Waals surface area contributed by atoms with Crippen molar-refractivity contribution < 1.29 is 14.4 Å². The third-order valence-electron chi connectivity index (χ3n) is 1.41. The number of carbonyl (C=O) groups excluding carboxylic acids is 3. The maximum absolute atomic E-state index is 10.9. The Hall–Kier alpha value is -2.49. The summed E-state index contributed by atoms with van der Waals surface area (Å²) in [5.74, 6) is -1.00. The molecule has 1 rings (SSSR count). The highest BCUT2D eigenvalue weighted by molar-refractivity contribution is 6.32. The zero-order valence-electron chi connectivity index (χ0n) is 7.51. The van der Waals surface area contributed by atoms with Crippen LogP contribution in [0.1, 0.15) is 0 Å². The summed E-state index contributed by atoms with van der Waals surface area (Å²) in [7, 11) is 0. The van der Waals surface area contributed by atoms with Gasteiger partial charge < -0.3 is 0 Å². The molecule has 7 heteroatoms. The normalized spacial score (nSPS) is 16.1. The summed E-state index contributed by atoms with van der Waals surface area (Å²) in [6.07, 6.45) is 2.84. The second kappa shape index (κ2) is 4.66. The quantitative estimate of drug-likeness (QED) is 0.293. The van der Waals surface area contributed by atoms with Crippen molar-refractivity contribution in [1.29, 1.82) is 0 Å². The number of carbonyl (C=O) groups is 3. The fourth-order valence-corrected chi connectivity index (χ4v) is 0.805. The Balaban J connectivity index is 2.55. The molecule has 76 valence electrons. The molecular formula is C8H6N4O3. The number of hydrogen-bond donors (Lipinski definition) is 1. The molecule has 1 saturated heterocycles. The van der Waals surface area contributed by atoms with Crippen LogP contribution in [0.25, 0.3) is 4.85 Å². The van der Waals surface area contributed by atoms with E-state index in [1.54, 1.807) is 0 Å². The maximum atomic E-state index is 10.9. The van der Waals surface area contributed by atoms with Crippen molar-refractivity contribution in [3.05, 3.63) is 23.7 Å². The van der Waals surface area contributed by atoms with Crippen LogP contribution in [-0.2, 0) is 9.59 Å².